The SMILES string of the molecule is C=C1C(=O)O[C@H]2[C@@H](OC(C)=O)[C@@H]1[C@H](OC(=O)[C@@](C)(O)CC)[C@H](C(=C)C=O)[C@]2(C)[C@@H]1CO1. The lowest BCUT2D eigenvalue weighted by Gasteiger charge is -2.57. The van der Waals surface area contributed by atoms with Crippen LogP contribution >= 0.6 is 0 Å². The maximum atomic E-state index is 12.8. The van der Waals surface area contributed by atoms with Crippen LogP contribution in [-0.4, -0.2) is 65.9 Å². The summed E-state index contributed by atoms with van der Waals surface area (Å²) in [6.45, 7) is 13.8. The second kappa shape index (κ2) is 7.87. The van der Waals surface area contributed by atoms with E-state index in [0.29, 0.717) is 12.9 Å². The van der Waals surface area contributed by atoms with Crippen molar-refractivity contribution in [3.63, 3.8) is 0 Å². The van der Waals surface area contributed by atoms with Crippen LogP contribution in [-0.2, 0) is 38.1 Å². The Hall–Kier alpha value is -2.52. The van der Waals surface area contributed by atoms with Crippen molar-refractivity contribution >= 4 is 24.2 Å². The fourth-order valence-electron chi connectivity index (χ4n) is 4.72. The quantitative estimate of drug-likeness (QED) is 0.203. The molecule has 1 aliphatic carbocycles. The molecule has 170 valence electrons. The first-order chi connectivity index (χ1) is 14.4. The van der Waals surface area contributed by atoms with E-state index in [1.165, 1.54) is 13.8 Å². The smallest absolute Gasteiger partial charge is 0.338 e. The number of esters is 3. The average molecular weight is 436 g/mol. The number of ether oxygens (including phenoxy) is 4. The molecule has 3 rings (SSSR count). The highest BCUT2D eigenvalue weighted by atomic mass is 16.6. The van der Waals surface area contributed by atoms with Gasteiger partial charge in [-0.3, -0.25) is 9.59 Å². The van der Waals surface area contributed by atoms with Crippen LogP contribution in [0.3, 0.4) is 0 Å². The molecule has 1 saturated carbocycles. The van der Waals surface area contributed by atoms with Crippen molar-refractivity contribution in [2.45, 2.75) is 64.1 Å². The molecule has 9 nitrogen and oxygen atoms in total. The van der Waals surface area contributed by atoms with Gasteiger partial charge in [0.2, 0.25) is 0 Å². The van der Waals surface area contributed by atoms with E-state index in [1.54, 1.807) is 13.8 Å². The van der Waals surface area contributed by atoms with Crippen LogP contribution in [0, 0.1) is 17.3 Å². The molecule has 0 aromatic carbocycles. The molecule has 0 spiro atoms. The van der Waals surface area contributed by atoms with Gasteiger partial charge in [-0.25, -0.2) is 9.59 Å². The summed E-state index contributed by atoms with van der Waals surface area (Å²) in [6.07, 6.45) is -2.99. The van der Waals surface area contributed by atoms with Crippen molar-refractivity contribution in [1.82, 2.24) is 0 Å². The molecule has 31 heavy (non-hydrogen) atoms. The fourth-order valence-corrected chi connectivity index (χ4v) is 4.72. The predicted molar refractivity (Wildman–Crippen MR) is 105 cm³/mol. The number of fused-ring (bicyclic) bond motifs is 2. The molecular weight excluding hydrogens is 408 g/mol. The van der Waals surface area contributed by atoms with Crippen LogP contribution in [0.5, 0.6) is 0 Å². The summed E-state index contributed by atoms with van der Waals surface area (Å²) in [7, 11) is 0. The summed E-state index contributed by atoms with van der Waals surface area (Å²) in [5.74, 6) is -4.09. The van der Waals surface area contributed by atoms with Crippen molar-refractivity contribution in [3.8, 4) is 0 Å². The van der Waals surface area contributed by atoms with Crippen LogP contribution < -0.4 is 0 Å². The topological polar surface area (TPSA) is 129 Å². The molecule has 0 aromatic heterocycles. The van der Waals surface area contributed by atoms with Gasteiger partial charge in [0.05, 0.1) is 18.6 Å². The van der Waals surface area contributed by atoms with Crippen molar-refractivity contribution in [2.75, 3.05) is 6.61 Å². The first kappa shape index (κ1) is 23.1. The largest absolute Gasteiger partial charge is 0.459 e. The lowest BCUT2D eigenvalue weighted by molar-refractivity contribution is -0.238. The Kier molecular flexibility index (Phi) is 5.88. The van der Waals surface area contributed by atoms with E-state index in [-0.39, 0.29) is 17.6 Å². The molecule has 2 heterocycles. The molecule has 3 aliphatic rings. The Balaban J connectivity index is 2.18. The van der Waals surface area contributed by atoms with Gasteiger partial charge in [0.15, 0.2) is 5.60 Å². The summed E-state index contributed by atoms with van der Waals surface area (Å²) >= 11 is 0. The number of carbonyl (C=O) groups excluding carboxylic acids is 4. The summed E-state index contributed by atoms with van der Waals surface area (Å²) in [6, 6.07) is 0. The van der Waals surface area contributed by atoms with Crippen LogP contribution in [0.1, 0.15) is 34.1 Å². The van der Waals surface area contributed by atoms with Gasteiger partial charge in [-0.05, 0) is 18.9 Å². The molecule has 0 unspecified atom stereocenters. The zero-order chi connectivity index (χ0) is 23.3. The van der Waals surface area contributed by atoms with Gasteiger partial charge in [0.25, 0.3) is 0 Å². The van der Waals surface area contributed by atoms with E-state index in [4.69, 9.17) is 18.9 Å². The van der Waals surface area contributed by atoms with Gasteiger partial charge < -0.3 is 24.1 Å². The fraction of sp³-hybridized carbons (Fsp3) is 0.636. The van der Waals surface area contributed by atoms with Crippen LogP contribution in [0.15, 0.2) is 24.3 Å². The molecule has 2 aliphatic heterocycles. The van der Waals surface area contributed by atoms with E-state index in [2.05, 4.69) is 13.2 Å². The zero-order valence-electron chi connectivity index (χ0n) is 18.1. The second-order valence-electron chi connectivity index (χ2n) is 8.81. The average Bonchev–Trinajstić information content (AvgIpc) is 3.54. The Morgan fingerprint density at radius 1 is 1.35 bits per heavy atom. The number of hydrogen-bond donors (Lipinski definition) is 1. The van der Waals surface area contributed by atoms with E-state index in [9.17, 15) is 24.3 Å². The normalized spacial score (nSPS) is 38.4. The maximum absolute atomic E-state index is 12.8. The third kappa shape index (κ3) is 3.70. The molecule has 3 fully saturated rings. The molecule has 0 aromatic rings. The summed E-state index contributed by atoms with van der Waals surface area (Å²) in [4.78, 5) is 49.1. The number of carbonyl (C=O) groups is 4. The molecule has 2 saturated heterocycles. The maximum Gasteiger partial charge on any atom is 0.338 e. The predicted octanol–water partition coefficient (Wildman–Crippen LogP) is 0.879. The van der Waals surface area contributed by atoms with Crippen molar-refractivity contribution in [1.29, 1.82) is 0 Å². The van der Waals surface area contributed by atoms with Gasteiger partial charge in [-0.15, -0.1) is 0 Å². The number of aliphatic hydroxyl groups is 1. The van der Waals surface area contributed by atoms with Gasteiger partial charge in [-0.1, -0.05) is 27.0 Å². The first-order valence-electron chi connectivity index (χ1n) is 10.2. The van der Waals surface area contributed by atoms with Crippen molar-refractivity contribution in [3.05, 3.63) is 24.3 Å². The minimum Gasteiger partial charge on any atom is -0.459 e. The first-order valence-corrected chi connectivity index (χ1v) is 10.2. The van der Waals surface area contributed by atoms with Gasteiger partial charge >= 0.3 is 17.9 Å². The summed E-state index contributed by atoms with van der Waals surface area (Å²) in [5, 5.41) is 10.4. The van der Waals surface area contributed by atoms with Gasteiger partial charge in [0, 0.05) is 23.8 Å². The van der Waals surface area contributed by atoms with E-state index >= 15 is 0 Å². The lowest BCUT2D eigenvalue weighted by Crippen LogP contribution is -2.69. The highest BCUT2D eigenvalue weighted by Crippen LogP contribution is 2.58. The van der Waals surface area contributed by atoms with Crippen molar-refractivity contribution in [2.24, 2.45) is 17.3 Å². The Morgan fingerprint density at radius 2 is 1.97 bits per heavy atom. The standard InChI is InChI=1S/C22H28O9/c1-7-21(5,27)20(26)30-16-14-11(3)19(25)31-18(17(14)29-12(4)24)22(6,13-9-28-13)15(16)10(2)8-23/h8,13-18,27H,2-3,7,9H2,1,4-6H3/t13-,14-,15-,16-,17-,18-,21-,22-/m0/s1. The zero-order valence-corrected chi connectivity index (χ0v) is 18.1. The molecule has 9 heteroatoms. The molecule has 0 radical (unpaired) electrons. The highest BCUT2D eigenvalue weighted by Gasteiger charge is 2.70. The monoisotopic (exact) mass is 436 g/mol. The Morgan fingerprint density at radius 3 is 2.45 bits per heavy atom. The molecule has 2 bridgehead atoms. The van der Waals surface area contributed by atoms with Crippen molar-refractivity contribution < 1.29 is 43.2 Å². The molecule has 8 atom stereocenters. The highest BCUT2D eigenvalue weighted by molar-refractivity contribution is 5.90. The minimum absolute atomic E-state index is 0.0566. The Labute approximate surface area is 180 Å². The lowest BCUT2D eigenvalue weighted by atomic mass is 9.54. The number of aldehydes is 1. The third-order valence-corrected chi connectivity index (χ3v) is 6.77. The molecule has 0 amide bonds. The number of rotatable bonds is 7. The van der Waals surface area contributed by atoms with E-state index in [1.807, 2.05) is 0 Å². The summed E-state index contributed by atoms with van der Waals surface area (Å²) in [5.41, 5.74) is -2.84. The van der Waals surface area contributed by atoms with E-state index in [0.717, 1.165) is 0 Å². The van der Waals surface area contributed by atoms with Crippen LogP contribution in [0.25, 0.3) is 0 Å². The minimum atomic E-state index is -1.80. The second-order valence-corrected chi connectivity index (χ2v) is 8.81. The number of epoxide rings is 1. The van der Waals surface area contributed by atoms with E-state index < -0.39 is 65.2 Å². The summed E-state index contributed by atoms with van der Waals surface area (Å²) < 4.78 is 22.4. The Bertz CT molecular complexity index is 840. The molecular formula is C22H28O9. The van der Waals surface area contributed by atoms with Crippen LogP contribution in [0.2, 0.25) is 0 Å². The molecule has 1 N–H and O–H groups in total. The van der Waals surface area contributed by atoms with Gasteiger partial charge in [0.1, 0.15) is 24.6 Å². The van der Waals surface area contributed by atoms with Gasteiger partial charge in [-0.2, -0.15) is 0 Å². The van der Waals surface area contributed by atoms with Crippen LogP contribution in [0.4, 0.5) is 0 Å². The number of hydrogen-bond acceptors (Lipinski definition) is 9. The third-order valence-electron chi connectivity index (χ3n) is 6.77.